The average molecular weight is 375 g/mol. The van der Waals surface area contributed by atoms with Crippen LogP contribution in [0.1, 0.15) is 21.7 Å². The summed E-state index contributed by atoms with van der Waals surface area (Å²) in [5.74, 6) is -0.809. The summed E-state index contributed by atoms with van der Waals surface area (Å²) in [6.45, 7) is 1.64. The molecule has 0 saturated carbocycles. The Hall–Kier alpha value is -2.84. The van der Waals surface area contributed by atoms with Crippen molar-refractivity contribution >= 4 is 27.0 Å². The predicted molar refractivity (Wildman–Crippen MR) is 94.9 cm³/mol. The number of furan rings is 1. The third kappa shape index (κ3) is 3.29. The summed E-state index contributed by atoms with van der Waals surface area (Å²) >= 11 is 0. The summed E-state index contributed by atoms with van der Waals surface area (Å²) in [4.78, 5) is 11.2. The van der Waals surface area contributed by atoms with Crippen molar-refractivity contribution in [2.45, 2.75) is 18.4 Å². The van der Waals surface area contributed by atoms with E-state index >= 15 is 0 Å². The molecule has 2 N–H and O–H groups in total. The highest BCUT2D eigenvalue weighted by Crippen LogP contribution is 2.28. The van der Waals surface area contributed by atoms with Gasteiger partial charge in [0.15, 0.2) is 0 Å². The van der Waals surface area contributed by atoms with Crippen LogP contribution < -0.4 is 9.46 Å². The zero-order chi connectivity index (χ0) is 18.9. The summed E-state index contributed by atoms with van der Waals surface area (Å²) in [7, 11) is -2.28. The highest BCUT2D eigenvalue weighted by atomic mass is 32.2. The number of carboxylic acid groups (broad SMARTS) is 1. The molecule has 0 amide bonds. The van der Waals surface area contributed by atoms with Crippen molar-refractivity contribution < 1.29 is 27.5 Å². The molecule has 0 fully saturated rings. The molecule has 0 saturated heterocycles. The molecule has 7 nitrogen and oxygen atoms in total. The van der Waals surface area contributed by atoms with Crippen LogP contribution in [0.25, 0.3) is 11.0 Å². The van der Waals surface area contributed by atoms with E-state index in [1.54, 1.807) is 31.2 Å². The first-order valence-corrected chi connectivity index (χ1v) is 9.20. The normalized spacial score (nSPS) is 11.6. The van der Waals surface area contributed by atoms with Gasteiger partial charge in [-0.05, 0) is 31.2 Å². The van der Waals surface area contributed by atoms with E-state index in [1.165, 1.54) is 25.3 Å². The Morgan fingerprint density at radius 2 is 1.96 bits per heavy atom. The predicted octanol–water partition coefficient (Wildman–Crippen LogP) is 2.93. The molecule has 136 valence electrons. The summed E-state index contributed by atoms with van der Waals surface area (Å²) in [6.07, 6.45) is 0. The second kappa shape index (κ2) is 6.81. The Labute approximate surface area is 150 Å². The van der Waals surface area contributed by atoms with Crippen molar-refractivity contribution in [3.63, 3.8) is 0 Å². The lowest BCUT2D eigenvalue weighted by atomic mass is 10.1. The molecule has 0 aliphatic heterocycles. The Kier molecular flexibility index (Phi) is 4.71. The summed E-state index contributed by atoms with van der Waals surface area (Å²) in [5.41, 5.74) is 1.41. The molecule has 2 aromatic carbocycles. The fraction of sp³-hybridized carbons (Fsp3) is 0.167. The minimum Gasteiger partial charge on any atom is -0.496 e. The highest BCUT2D eigenvalue weighted by Gasteiger charge is 2.20. The topological polar surface area (TPSA) is 106 Å². The van der Waals surface area contributed by atoms with Gasteiger partial charge in [-0.1, -0.05) is 18.2 Å². The van der Waals surface area contributed by atoms with Gasteiger partial charge in [-0.3, -0.25) is 0 Å². The number of fused-ring (bicyclic) bond motifs is 1. The third-order valence-electron chi connectivity index (χ3n) is 4.06. The maximum absolute atomic E-state index is 12.6. The zero-order valence-corrected chi connectivity index (χ0v) is 15.0. The monoisotopic (exact) mass is 375 g/mol. The molecule has 0 radical (unpaired) electrons. The number of carbonyl (C=O) groups is 1. The number of para-hydroxylation sites is 1. The number of carboxylic acids is 1. The van der Waals surface area contributed by atoms with Crippen molar-refractivity contribution in [1.29, 1.82) is 0 Å². The van der Waals surface area contributed by atoms with E-state index < -0.39 is 16.0 Å². The molecular weight excluding hydrogens is 358 g/mol. The van der Waals surface area contributed by atoms with Crippen LogP contribution in [-0.2, 0) is 16.6 Å². The van der Waals surface area contributed by atoms with E-state index in [0.29, 0.717) is 27.8 Å². The van der Waals surface area contributed by atoms with Crippen LogP contribution in [0.15, 0.2) is 51.8 Å². The average Bonchev–Trinajstić information content (AvgIpc) is 2.97. The van der Waals surface area contributed by atoms with Crippen LogP contribution in [-0.4, -0.2) is 26.6 Å². The first-order chi connectivity index (χ1) is 12.3. The molecule has 0 bridgehead atoms. The van der Waals surface area contributed by atoms with E-state index in [1.807, 2.05) is 0 Å². The molecule has 0 atom stereocenters. The van der Waals surface area contributed by atoms with Crippen LogP contribution in [0.5, 0.6) is 5.75 Å². The van der Waals surface area contributed by atoms with Gasteiger partial charge in [0.25, 0.3) is 0 Å². The Bertz CT molecular complexity index is 1080. The minimum absolute atomic E-state index is 0.0285. The van der Waals surface area contributed by atoms with Crippen LogP contribution in [0.3, 0.4) is 0 Å². The van der Waals surface area contributed by atoms with Gasteiger partial charge in [-0.2, -0.15) is 0 Å². The second-order valence-corrected chi connectivity index (χ2v) is 7.42. The van der Waals surface area contributed by atoms with Crippen LogP contribution in [0, 0.1) is 6.92 Å². The smallest absolute Gasteiger partial charge is 0.372 e. The Morgan fingerprint density at radius 3 is 2.65 bits per heavy atom. The van der Waals surface area contributed by atoms with E-state index in [-0.39, 0.29) is 17.2 Å². The second-order valence-electron chi connectivity index (χ2n) is 5.66. The Morgan fingerprint density at radius 1 is 1.23 bits per heavy atom. The van der Waals surface area contributed by atoms with E-state index in [9.17, 15) is 13.2 Å². The molecule has 3 rings (SSSR count). The number of aryl methyl sites for hydroxylation is 1. The zero-order valence-electron chi connectivity index (χ0n) is 14.1. The maximum Gasteiger partial charge on any atom is 0.372 e. The molecule has 26 heavy (non-hydrogen) atoms. The minimum atomic E-state index is -3.80. The molecule has 0 spiro atoms. The summed E-state index contributed by atoms with van der Waals surface area (Å²) in [6, 6.07) is 11.3. The van der Waals surface area contributed by atoms with Gasteiger partial charge in [0.2, 0.25) is 15.8 Å². The van der Waals surface area contributed by atoms with Gasteiger partial charge in [-0.15, -0.1) is 0 Å². The number of hydrogen-bond donors (Lipinski definition) is 2. The van der Waals surface area contributed by atoms with Crippen LogP contribution in [0.2, 0.25) is 0 Å². The van der Waals surface area contributed by atoms with Crippen molar-refractivity contribution in [2.75, 3.05) is 7.11 Å². The number of rotatable bonds is 6. The lowest BCUT2D eigenvalue weighted by Crippen LogP contribution is -2.23. The molecule has 0 aliphatic rings. The molecule has 3 aromatic rings. The highest BCUT2D eigenvalue weighted by molar-refractivity contribution is 7.89. The number of nitrogens with one attached hydrogen (secondary N) is 1. The number of aromatic carboxylic acids is 1. The summed E-state index contributed by atoms with van der Waals surface area (Å²) < 4.78 is 38.2. The van der Waals surface area contributed by atoms with Crippen LogP contribution >= 0.6 is 0 Å². The largest absolute Gasteiger partial charge is 0.496 e. The van der Waals surface area contributed by atoms with Crippen molar-refractivity contribution in [2.24, 2.45) is 0 Å². The number of hydrogen-bond acceptors (Lipinski definition) is 5. The lowest BCUT2D eigenvalue weighted by Gasteiger charge is -2.10. The van der Waals surface area contributed by atoms with Crippen LogP contribution in [0.4, 0.5) is 0 Å². The number of ether oxygens (including phenoxy) is 1. The molecular formula is C18H17NO6S. The standard InChI is InChI=1S/C18H17NO6S/c1-11-14-9-13(7-8-16(14)25-17(11)18(20)21)26(22,23)19-10-12-5-3-4-6-15(12)24-2/h3-9,19H,10H2,1-2H3,(H,20,21). The summed E-state index contributed by atoms with van der Waals surface area (Å²) in [5, 5.41) is 9.57. The van der Waals surface area contributed by atoms with Gasteiger partial charge in [0, 0.05) is 23.1 Å². The van der Waals surface area contributed by atoms with Gasteiger partial charge in [0.1, 0.15) is 11.3 Å². The molecule has 1 heterocycles. The third-order valence-corrected chi connectivity index (χ3v) is 5.46. The first kappa shape index (κ1) is 18.0. The van der Waals surface area contributed by atoms with E-state index in [4.69, 9.17) is 14.3 Å². The van der Waals surface area contributed by atoms with Crippen molar-refractivity contribution in [3.05, 3.63) is 59.4 Å². The van der Waals surface area contributed by atoms with E-state index in [2.05, 4.69) is 4.72 Å². The quantitative estimate of drug-likeness (QED) is 0.686. The number of benzene rings is 2. The van der Waals surface area contributed by atoms with Gasteiger partial charge in [-0.25, -0.2) is 17.9 Å². The maximum atomic E-state index is 12.6. The molecule has 8 heteroatoms. The van der Waals surface area contributed by atoms with Gasteiger partial charge >= 0.3 is 5.97 Å². The fourth-order valence-electron chi connectivity index (χ4n) is 2.68. The molecule has 1 aromatic heterocycles. The SMILES string of the molecule is COc1ccccc1CNS(=O)(=O)c1ccc2oc(C(=O)O)c(C)c2c1. The number of methoxy groups -OCH3 is 1. The fourth-order valence-corrected chi connectivity index (χ4v) is 3.71. The molecule has 0 unspecified atom stereocenters. The van der Waals surface area contributed by atoms with Crippen molar-refractivity contribution in [3.8, 4) is 5.75 Å². The Balaban J connectivity index is 1.91. The van der Waals surface area contributed by atoms with Gasteiger partial charge in [0.05, 0.1) is 12.0 Å². The number of sulfonamides is 1. The first-order valence-electron chi connectivity index (χ1n) is 7.71. The lowest BCUT2D eigenvalue weighted by molar-refractivity contribution is 0.0664. The van der Waals surface area contributed by atoms with Gasteiger partial charge < -0.3 is 14.3 Å². The van der Waals surface area contributed by atoms with E-state index in [0.717, 1.165) is 0 Å². The van der Waals surface area contributed by atoms with Crippen molar-refractivity contribution in [1.82, 2.24) is 4.72 Å². The molecule has 0 aliphatic carbocycles.